The van der Waals surface area contributed by atoms with Crippen LogP contribution in [-0.2, 0) is 9.59 Å². The van der Waals surface area contributed by atoms with Gasteiger partial charge in [0.1, 0.15) is 11.5 Å². The highest BCUT2D eigenvalue weighted by Crippen LogP contribution is 2.40. The van der Waals surface area contributed by atoms with Gasteiger partial charge in [-0.2, -0.15) is 0 Å². The summed E-state index contributed by atoms with van der Waals surface area (Å²) in [5.74, 6) is -0.637. The van der Waals surface area contributed by atoms with Crippen LogP contribution in [0.25, 0.3) is 5.76 Å². The minimum Gasteiger partial charge on any atom is -0.507 e. The maximum atomic E-state index is 13.2. The van der Waals surface area contributed by atoms with Crippen LogP contribution >= 0.6 is 0 Å². The van der Waals surface area contributed by atoms with Gasteiger partial charge in [0.2, 0.25) is 0 Å². The van der Waals surface area contributed by atoms with Gasteiger partial charge in [-0.3, -0.25) is 9.59 Å². The first kappa shape index (κ1) is 25.5. The molecule has 0 spiro atoms. The molecule has 6 heteroatoms. The number of hydrogen-bond donors (Lipinski definition) is 1. The number of hydrogen-bond acceptors (Lipinski definition) is 5. The van der Waals surface area contributed by atoms with Crippen molar-refractivity contribution in [2.45, 2.75) is 53.2 Å². The summed E-state index contributed by atoms with van der Waals surface area (Å²) < 4.78 is 5.76. The van der Waals surface area contributed by atoms with Crippen LogP contribution in [0.1, 0.15) is 56.8 Å². The van der Waals surface area contributed by atoms with Crippen molar-refractivity contribution >= 4 is 17.4 Å². The molecule has 0 bridgehead atoms. The van der Waals surface area contributed by atoms with Gasteiger partial charge in [0.25, 0.3) is 11.7 Å². The van der Waals surface area contributed by atoms with Crippen LogP contribution in [-0.4, -0.2) is 58.9 Å². The maximum Gasteiger partial charge on any atom is 0.295 e. The molecule has 0 unspecified atom stereocenters. The van der Waals surface area contributed by atoms with Crippen LogP contribution in [0.5, 0.6) is 5.75 Å². The zero-order valence-electron chi connectivity index (χ0n) is 20.9. The Morgan fingerprint density at radius 2 is 1.65 bits per heavy atom. The third-order valence-corrected chi connectivity index (χ3v) is 6.20. The van der Waals surface area contributed by atoms with Crippen LogP contribution in [0.4, 0.5) is 0 Å². The fraction of sp³-hybridized carbons (Fsp3) is 0.429. The van der Waals surface area contributed by atoms with Gasteiger partial charge in [-0.1, -0.05) is 55.8 Å². The Morgan fingerprint density at radius 1 is 1.03 bits per heavy atom. The molecule has 1 aliphatic rings. The summed E-state index contributed by atoms with van der Waals surface area (Å²) in [5.41, 5.74) is 2.48. The highest BCUT2D eigenvalue weighted by atomic mass is 16.5. The summed E-state index contributed by atoms with van der Waals surface area (Å²) in [6.45, 7) is 13.2. The molecule has 1 aliphatic heterocycles. The number of carbonyl (C=O) groups is 2. The van der Waals surface area contributed by atoms with Crippen LogP contribution < -0.4 is 4.74 Å². The van der Waals surface area contributed by atoms with E-state index in [4.69, 9.17) is 4.74 Å². The largest absolute Gasteiger partial charge is 0.507 e. The molecular formula is C28H36N2O4. The fourth-order valence-corrected chi connectivity index (χ4v) is 4.33. The summed E-state index contributed by atoms with van der Waals surface area (Å²) in [7, 11) is 0. The first-order valence-corrected chi connectivity index (χ1v) is 12.1. The first-order valence-electron chi connectivity index (χ1n) is 12.1. The van der Waals surface area contributed by atoms with Crippen molar-refractivity contribution in [2.24, 2.45) is 0 Å². The summed E-state index contributed by atoms with van der Waals surface area (Å²) >= 11 is 0. The molecule has 0 saturated carbocycles. The van der Waals surface area contributed by atoms with E-state index >= 15 is 0 Å². The highest BCUT2D eigenvalue weighted by molar-refractivity contribution is 6.46. The smallest absolute Gasteiger partial charge is 0.295 e. The molecule has 0 aromatic heterocycles. The van der Waals surface area contributed by atoms with Gasteiger partial charge in [-0.25, -0.2) is 0 Å². The van der Waals surface area contributed by atoms with E-state index < -0.39 is 17.7 Å². The molecule has 1 N–H and O–H groups in total. The molecule has 1 fully saturated rings. The molecule has 2 aromatic rings. The SMILES string of the molecule is CCN(CC)CCCN1C(=O)C(=O)C(=C(O)c2ccc(C)cc2)[C@@H]1c1ccc(OC(C)C)cc1. The average molecular weight is 465 g/mol. The Bertz CT molecular complexity index is 1020. The minimum absolute atomic E-state index is 0.0399. The molecule has 1 heterocycles. The summed E-state index contributed by atoms with van der Waals surface area (Å²) in [6.07, 6.45) is 0.780. The Morgan fingerprint density at radius 3 is 2.21 bits per heavy atom. The molecule has 1 saturated heterocycles. The van der Waals surface area contributed by atoms with Gasteiger partial charge in [0, 0.05) is 12.1 Å². The van der Waals surface area contributed by atoms with Gasteiger partial charge in [-0.05, 0) is 64.5 Å². The molecule has 6 nitrogen and oxygen atoms in total. The van der Waals surface area contributed by atoms with Crippen molar-refractivity contribution in [1.82, 2.24) is 9.80 Å². The van der Waals surface area contributed by atoms with Gasteiger partial charge >= 0.3 is 0 Å². The van der Waals surface area contributed by atoms with Gasteiger partial charge < -0.3 is 19.6 Å². The Balaban J connectivity index is 2.01. The standard InChI is InChI=1S/C28H36N2O4/c1-6-29(7-2)17-8-18-30-25(21-13-15-23(16-14-21)34-19(3)4)24(27(32)28(30)33)26(31)22-11-9-20(5)10-12-22/h9-16,19,25,31H,6-8,17-18H2,1-5H3/t25-/m0/s1. The van der Waals surface area contributed by atoms with Crippen molar-refractivity contribution in [2.75, 3.05) is 26.2 Å². The molecule has 0 aliphatic carbocycles. The van der Waals surface area contributed by atoms with Crippen LogP contribution in [0, 0.1) is 6.92 Å². The van der Waals surface area contributed by atoms with Crippen LogP contribution in [0.15, 0.2) is 54.1 Å². The predicted molar refractivity (Wildman–Crippen MR) is 135 cm³/mol. The lowest BCUT2D eigenvalue weighted by molar-refractivity contribution is -0.140. The zero-order chi connectivity index (χ0) is 24.8. The highest BCUT2D eigenvalue weighted by Gasteiger charge is 2.45. The lowest BCUT2D eigenvalue weighted by atomic mass is 9.95. The normalized spacial score (nSPS) is 17.7. The number of amides is 1. The number of nitrogens with zero attached hydrogens (tertiary/aromatic N) is 2. The van der Waals surface area contributed by atoms with E-state index in [-0.39, 0.29) is 17.4 Å². The number of carbonyl (C=O) groups excluding carboxylic acids is 2. The fourth-order valence-electron chi connectivity index (χ4n) is 4.33. The summed E-state index contributed by atoms with van der Waals surface area (Å²) in [6, 6.07) is 14.1. The Kier molecular flexibility index (Phi) is 8.51. The van der Waals surface area contributed by atoms with E-state index in [2.05, 4.69) is 18.7 Å². The number of benzene rings is 2. The van der Waals surface area contributed by atoms with Crippen molar-refractivity contribution in [3.63, 3.8) is 0 Å². The van der Waals surface area contributed by atoms with Crippen molar-refractivity contribution in [3.8, 4) is 5.75 Å². The average Bonchev–Trinajstić information content (AvgIpc) is 3.07. The van der Waals surface area contributed by atoms with Crippen LogP contribution in [0.3, 0.4) is 0 Å². The second-order valence-corrected chi connectivity index (χ2v) is 8.97. The van der Waals surface area contributed by atoms with Crippen molar-refractivity contribution in [3.05, 3.63) is 70.8 Å². The second kappa shape index (κ2) is 11.3. The minimum atomic E-state index is -0.647. The van der Waals surface area contributed by atoms with E-state index in [1.54, 1.807) is 17.0 Å². The molecule has 1 atom stereocenters. The summed E-state index contributed by atoms with van der Waals surface area (Å²) in [4.78, 5) is 30.2. The van der Waals surface area contributed by atoms with Gasteiger partial charge in [0.05, 0.1) is 17.7 Å². The number of Topliss-reactive ketones (excluding diaryl/α,β-unsaturated/α-hetero) is 1. The van der Waals surface area contributed by atoms with E-state index in [9.17, 15) is 14.7 Å². The Hall–Kier alpha value is -3.12. The third-order valence-electron chi connectivity index (χ3n) is 6.20. The summed E-state index contributed by atoms with van der Waals surface area (Å²) in [5, 5.41) is 11.2. The lowest BCUT2D eigenvalue weighted by Gasteiger charge is -2.27. The van der Waals surface area contributed by atoms with Crippen molar-refractivity contribution < 1.29 is 19.4 Å². The molecule has 2 aromatic carbocycles. The molecular weight excluding hydrogens is 428 g/mol. The number of aliphatic hydroxyl groups is 1. The van der Waals surface area contributed by atoms with E-state index in [1.165, 1.54) is 0 Å². The third kappa shape index (κ3) is 5.68. The van der Waals surface area contributed by atoms with E-state index in [0.29, 0.717) is 12.1 Å². The number of likely N-dealkylation sites (tertiary alicyclic amines) is 1. The van der Waals surface area contributed by atoms with Gasteiger partial charge in [-0.15, -0.1) is 0 Å². The maximum absolute atomic E-state index is 13.2. The molecule has 34 heavy (non-hydrogen) atoms. The number of aryl methyl sites for hydroxylation is 1. The van der Waals surface area contributed by atoms with Crippen molar-refractivity contribution in [1.29, 1.82) is 0 Å². The number of rotatable bonds is 10. The first-order chi connectivity index (χ1) is 16.3. The topological polar surface area (TPSA) is 70.1 Å². The lowest BCUT2D eigenvalue weighted by Crippen LogP contribution is -2.33. The number of aliphatic hydroxyl groups excluding tert-OH is 1. The molecule has 182 valence electrons. The second-order valence-electron chi connectivity index (χ2n) is 8.97. The number of ketones is 1. The molecule has 3 rings (SSSR count). The monoisotopic (exact) mass is 464 g/mol. The predicted octanol–water partition coefficient (Wildman–Crippen LogP) is 4.94. The van der Waals surface area contributed by atoms with Gasteiger partial charge in [0.15, 0.2) is 0 Å². The zero-order valence-corrected chi connectivity index (χ0v) is 20.9. The van der Waals surface area contributed by atoms with E-state index in [0.717, 1.165) is 42.9 Å². The quantitative estimate of drug-likeness (QED) is 0.307. The van der Waals surface area contributed by atoms with Crippen LogP contribution in [0.2, 0.25) is 0 Å². The molecule has 0 radical (unpaired) electrons. The molecule has 1 amide bonds. The number of ether oxygens (including phenoxy) is 1. The van der Waals surface area contributed by atoms with E-state index in [1.807, 2.05) is 57.2 Å². The Labute approximate surface area is 202 Å².